The molecule has 3 rings (SSSR count). The number of nitrogens with one attached hydrogen (secondary N) is 2. The maximum Gasteiger partial charge on any atom is 0.265 e. The molecule has 1 heterocycles. The zero-order chi connectivity index (χ0) is 19.4. The molecule has 2 N–H and O–H groups in total. The van der Waals surface area contributed by atoms with Crippen LogP contribution in [0.25, 0.3) is 0 Å². The van der Waals surface area contributed by atoms with Crippen molar-refractivity contribution in [2.24, 2.45) is 7.05 Å². The van der Waals surface area contributed by atoms with Crippen molar-refractivity contribution in [3.8, 4) is 0 Å². The molecule has 0 bridgehead atoms. The summed E-state index contributed by atoms with van der Waals surface area (Å²) in [7, 11) is -2.11. The molecule has 27 heavy (non-hydrogen) atoms. The van der Waals surface area contributed by atoms with Gasteiger partial charge < -0.3 is 5.32 Å². The summed E-state index contributed by atoms with van der Waals surface area (Å²) in [5.41, 5.74) is 2.19. The molecule has 140 valence electrons. The fraction of sp³-hybridized carbons (Fsp3) is 0.158. The number of rotatable bonds is 6. The number of carbonyl (C=O) groups excluding carboxylic acids is 1. The van der Waals surface area contributed by atoms with E-state index in [1.54, 1.807) is 32.2 Å². The van der Waals surface area contributed by atoms with Crippen LogP contribution in [0, 0.1) is 6.92 Å². The van der Waals surface area contributed by atoms with Gasteiger partial charge in [-0.1, -0.05) is 36.4 Å². The minimum atomic E-state index is -3.79. The maximum atomic E-state index is 12.6. The van der Waals surface area contributed by atoms with E-state index in [0.717, 1.165) is 5.56 Å². The summed E-state index contributed by atoms with van der Waals surface area (Å²) in [5, 5.41) is 6.78. The van der Waals surface area contributed by atoms with Crippen LogP contribution in [-0.4, -0.2) is 24.1 Å². The third kappa shape index (κ3) is 4.35. The predicted octanol–water partition coefficient (Wildman–Crippen LogP) is 2.46. The van der Waals surface area contributed by atoms with Gasteiger partial charge in [-0.05, 0) is 30.7 Å². The van der Waals surface area contributed by atoms with Gasteiger partial charge in [0.2, 0.25) is 0 Å². The van der Waals surface area contributed by atoms with Crippen LogP contribution in [0.3, 0.4) is 0 Å². The Morgan fingerprint density at radius 2 is 1.85 bits per heavy atom. The van der Waals surface area contributed by atoms with E-state index in [1.165, 1.54) is 16.9 Å². The summed E-state index contributed by atoms with van der Waals surface area (Å²) >= 11 is 0. The van der Waals surface area contributed by atoms with Gasteiger partial charge in [0.05, 0.1) is 11.9 Å². The molecule has 0 atom stereocenters. The topological polar surface area (TPSA) is 93.1 Å². The highest BCUT2D eigenvalue weighted by molar-refractivity contribution is 7.92. The molecule has 0 aliphatic heterocycles. The summed E-state index contributed by atoms with van der Waals surface area (Å²) in [4.78, 5) is 12.5. The van der Waals surface area contributed by atoms with Crippen molar-refractivity contribution < 1.29 is 13.2 Å². The molecule has 2 aromatic carbocycles. The molecular weight excluding hydrogens is 364 g/mol. The van der Waals surface area contributed by atoms with Gasteiger partial charge in [0.15, 0.2) is 0 Å². The van der Waals surface area contributed by atoms with Gasteiger partial charge in [-0.3, -0.25) is 14.2 Å². The fourth-order valence-corrected chi connectivity index (χ4v) is 3.81. The third-order valence-electron chi connectivity index (χ3n) is 4.15. The van der Waals surface area contributed by atoms with Crippen molar-refractivity contribution >= 4 is 21.6 Å². The number of anilines is 1. The molecule has 0 saturated heterocycles. The van der Waals surface area contributed by atoms with E-state index >= 15 is 0 Å². The van der Waals surface area contributed by atoms with E-state index in [0.29, 0.717) is 23.5 Å². The molecule has 3 aromatic rings. The molecule has 8 heteroatoms. The number of benzene rings is 2. The molecule has 7 nitrogen and oxygen atoms in total. The average Bonchev–Trinajstić information content (AvgIpc) is 3.00. The zero-order valence-corrected chi connectivity index (χ0v) is 15.8. The largest absolute Gasteiger partial charge is 0.348 e. The summed E-state index contributed by atoms with van der Waals surface area (Å²) in [6, 6.07) is 15.9. The first-order valence-corrected chi connectivity index (χ1v) is 9.79. The summed E-state index contributed by atoms with van der Waals surface area (Å²) in [6.07, 6.45) is 1.30. The number of aryl methyl sites for hydroxylation is 1. The number of amides is 1. The Balaban J connectivity index is 1.73. The van der Waals surface area contributed by atoms with Crippen molar-refractivity contribution in [3.63, 3.8) is 0 Å². The average molecular weight is 384 g/mol. The minimum Gasteiger partial charge on any atom is -0.348 e. The van der Waals surface area contributed by atoms with Gasteiger partial charge in [-0.2, -0.15) is 5.10 Å². The number of hydrogen-bond donors (Lipinski definition) is 2. The van der Waals surface area contributed by atoms with Gasteiger partial charge in [0.25, 0.3) is 15.9 Å². The quantitative estimate of drug-likeness (QED) is 0.683. The van der Waals surface area contributed by atoms with Gasteiger partial charge in [-0.15, -0.1) is 0 Å². The molecule has 1 amide bonds. The molecule has 0 aliphatic carbocycles. The summed E-state index contributed by atoms with van der Waals surface area (Å²) in [6.45, 7) is 2.07. The molecule has 0 radical (unpaired) electrons. The van der Waals surface area contributed by atoms with Crippen LogP contribution in [-0.2, 0) is 23.6 Å². The number of nitrogens with zero attached hydrogens (tertiary/aromatic N) is 2. The molecular formula is C19H20N4O3S. The smallest absolute Gasteiger partial charge is 0.265 e. The van der Waals surface area contributed by atoms with Crippen molar-refractivity contribution in [1.82, 2.24) is 15.1 Å². The Hall–Kier alpha value is -3.13. The Morgan fingerprint density at radius 1 is 1.11 bits per heavy atom. The summed E-state index contributed by atoms with van der Waals surface area (Å²) in [5.74, 6) is -0.280. The Kier molecular flexibility index (Phi) is 5.27. The van der Waals surface area contributed by atoms with Crippen LogP contribution in [0.4, 0.5) is 5.69 Å². The Bertz CT molecular complexity index is 1060. The second-order valence-electron chi connectivity index (χ2n) is 6.07. The van der Waals surface area contributed by atoms with E-state index < -0.39 is 10.0 Å². The normalized spacial score (nSPS) is 11.2. The molecule has 0 unspecified atom stereocenters. The van der Waals surface area contributed by atoms with E-state index in [2.05, 4.69) is 15.1 Å². The number of aromatic nitrogens is 2. The highest BCUT2D eigenvalue weighted by atomic mass is 32.2. The Labute approximate surface area is 158 Å². The fourth-order valence-electron chi connectivity index (χ4n) is 2.56. The maximum absolute atomic E-state index is 12.6. The van der Waals surface area contributed by atoms with E-state index in [4.69, 9.17) is 0 Å². The minimum absolute atomic E-state index is 0.101. The van der Waals surface area contributed by atoms with E-state index in [9.17, 15) is 13.2 Å². The lowest BCUT2D eigenvalue weighted by Gasteiger charge is -2.10. The first kappa shape index (κ1) is 18.7. The van der Waals surface area contributed by atoms with Crippen LogP contribution in [0.1, 0.15) is 21.6 Å². The van der Waals surface area contributed by atoms with Crippen molar-refractivity contribution in [1.29, 1.82) is 0 Å². The highest BCUT2D eigenvalue weighted by Crippen LogP contribution is 2.19. The highest BCUT2D eigenvalue weighted by Gasteiger charge is 2.20. The second kappa shape index (κ2) is 7.63. The van der Waals surface area contributed by atoms with Gasteiger partial charge in [-0.25, -0.2) is 8.42 Å². The SMILES string of the molecule is Cc1c(S(=O)(=O)Nc2cccc(C(=O)NCc3ccccc3)c2)cnn1C. The molecule has 0 saturated carbocycles. The van der Waals surface area contributed by atoms with Crippen LogP contribution >= 0.6 is 0 Å². The monoisotopic (exact) mass is 384 g/mol. The van der Waals surface area contributed by atoms with Gasteiger partial charge in [0, 0.05) is 24.8 Å². The van der Waals surface area contributed by atoms with Gasteiger partial charge >= 0.3 is 0 Å². The molecule has 1 aromatic heterocycles. The third-order valence-corrected chi connectivity index (χ3v) is 5.64. The standard InChI is InChI=1S/C19H20N4O3S/c1-14-18(13-21-23(14)2)27(25,26)22-17-10-6-9-16(11-17)19(24)20-12-15-7-4-3-5-8-15/h3-11,13,22H,12H2,1-2H3,(H,20,24). The number of carbonyl (C=O) groups is 1. The van der Waals surface area contributed by atoms with Crippen molar-refractivity contribution in [2.75, 3.05) is 4.72 Å². The van der Waals surface area contributed by atoms with Crippen LogP contribution in [0.2, 0.25) is 0 Å². The predicted molar refractivity (Wildman–Crippen MR) is 103 cm³/mol. The lowest BCUT2D eigenvalue weighted by atomic mass is 10.2. The van der Waals surface area contributed by atoms with Crippen molar-refractivity contribution in [3.05, 3.63) is 77.6 Å². The second-order valence-corrected chi connectivity index (χ2v) is 7.72. The lowest BCUT2D eigenvalue weighted by Crippen LogP contribution is -2.23. The number of sulfonamides is 1. The first-order chi connectivity index (χ1) is 12.9. The van der Waals surface area contributed by atoms with Gasteiger partial charge in [0.1, 0.15) is 4.90 Å². The van der Waals surface area contributed by atoms with Crippen LogP contribution < -0.4 is 10.0 Å². The van der Waals surface area contributed by atoms with Crippen molar-refractivity contribution in [2.45, 2.75) is 18.4 Å². The van der Waals surface area contributed by atoms with Crippen LogP contribution in [0.15, 0.2) is 65.7 Å². The van der Waals surface area contributed by atoms with Crippen LogP contribution in [0.5, 0.6) is 0 Å². The molecule has 0 spiro atoms. The Morgan fingerprint density at radius 3 is 2.52 bits per heavy atom. The van der Waals surface area contributed by atoms with E-state index in [1.807, 2.05) is 30.3 Å². The molecule has 0 aliphatic rings. The van der Waals surface area contributed by atoms with E-state index in [-0.39, 0.29) is 10.8 Å². The zero-order valence-electron chi connectivity index (χ0n) is 15.0. The molecule has 0 fully saturated rings. The number of hydrogen-bond acceptors (Lipinski definition) is 4. The summed E-state index contributed by atoms with van der Waals surface area (Å²) < 4.78 is 29.1. The first-order valence-electron chi connectivity index (χ1n) is 8.30. The lowest BCUT2D eigenvalue weighted by molar-refractivity contribution is 0.0951.